The molecule has 0 aromatic rings. The van der Waals surface area contributed by atoms with Crippen molar-refractivity contribution in [1.29, 1.82) is 0 Å². The van der Waals surface area contributed by atoms with Crippen molar-refractivity contribution in [2.75, 3.05) is 0 Å². The maximum absolute atomic E-state index is 2.31. The topological polar surface area (TPSA) is 0 Å². The van der Waals surface area contributed by atoms with E-state index >= 15 is 0 Å². The van der Waals surface area contributed by atoms with Gasteiger partial charge in [-0.2, -0.15) is 0 Å². The SMILES string of the molecule is CC1(C)CC(C)(C)S1. The first-order valence-corrected chi connectivity index (χ1v) is 3.93. The van der Waals surface area contributed by atoms with E-state index in [1.165, 1.54) is 6.42 Å². The maximum atomic E-state index is 2.31. The monoisotopic (exact) mass is 130 g/mol. The van der Waals surface area contributed by atoms with Gasteiger partial charge in [-0.15, -0.1) is 11.8 Å². The molecule has 1 fully saturated rings. The molecule has 0 amide bonds. The molecule has 0 N–H and O–H groups in total. The van der Waals surface area contributed by atoms with Crippen LogP contribution in [-0.2, 0) is 0 Å². The molecular formula is C7H14S. The van der Waals surface area contributed by atoms with E-state index in [1.54, 1.807) is 0 Å². The normalized spacial score (nSPS) is 31.5. The Kier molecular flexibility index (Phi) is 1.16. The predicted molar refractivity (Wildman–Crippen MR) is 40.4 cm³/mol. The fourth-order valence-corrected chi connectivity index (χ4v) is 3.88. The van der Waals surface area contributed by atoms with Gasteiger partial charge in [0.05, 0.1) is 0 Å². The van der Waals surface area contributed by atoms with Crippen molar-refractivity contribution in [3.63, 3.8) is 0 Å². The highest BCUT2D eigenvalue weighted by atomic mass is 32.2. The van der Waals surface area contributed by atoms with Gasteiger partial charge < -0.3 is 0 Å². The molecule has 1 heteroatoms. The Morgan fingerprint density at radius 1 is 1.00 bits per heavy atom. The largest absolute Gasteiger partial charge is 0.149 e. The lowest BCUT2D eigenvalue weighted by atomic mass is 9.97. The predicted octanol–water partition coefficient (Wildman–Crippen LogP) is 2.68. The van der Waals surface area contributed by atoms with Crippen LogP contribution in [0.3, 0.4) is 0 Å². The highest BCUT2D eigenvalue weighted by Gasteiger charge is 2.42. The summed E-state index contributed by atoms with van der Waals surface area (Å²) >= 11 is 2.09. The fraction of sp³-hybridized carbons (Fsp3) is 1.00. The molecule has 0 spiro atoms. The second kappa shape index (κ2) is 1.44. The Morgan fingerprint density at radius 3 is 1.25 bits per heavy atom. The van der Waals surface area contributed by atoms with E-state index in [0.717, 1.165) is 0 Å². The van der Waals surface area contributed by atoms with Crippen LogP contribution in [0.2, 0.25) is 0 Å². The molecule has 0 radical (unpaired) electrons. The van der Waals surface area contributed by atoms with Gasteiger partial charge in [0, 0.05) is 9.49 Å². The number of hydrogen-bond donors (Lipinski definition) is 0. The lowest BCUT2D eigenvalue weighted by molar-refractivity contribution is 0.478. The average molecular weight is 130 g/mol. The molecular weight excluding hydrogens is 116 g/mol. The Labute approximate surface area is 56.0 Å². The molecule has 0 saturated carbocycles. The van der Waals surface area contributed by atoms with Crippen molar-refractivity contribution in [3.8, 4) is 0 Å². The second-order valence-electron chi connectivity index (χ2n) is 3.80. The Bertz CT molecular complexity index is 81.0. The average Bonchev–Trinajstić information content (AvgIpc) is 1.20. The van der Waals surface area contributed by atoms with Crippen LogP contribution in [0.1, 0.15) is 34.1 Å². The summed E-state index contributed by atoms with van der Waals surface area (Å²) in [7, 11) is 0. The molecule has 1 heterocycles. The van der Waals surface area contributed by atoms with E-state index in [0.29, 0.717) is 9.49 Å². The first-order chi connectivity index (χ1) is 3.41. The molecule has 1 aliphatic rings. The van der Waals surface area contributed by atoms with Crippen LogP contribution in [0.4, 0.5) is 0 Å². The van der Waals surface area contributed by atoms with Crippen LogP contribution >= 0.6 is 11.8 Å². The number of hydrogen-bond acceptors (Lipinski definition) is 1. The molecule has 1 aliphatic heterocycles. The molecule has 0 aromatic carbocycles. The van der Waals surface area contributed by atoms with Gasteiger partial charge in [-0.05, 0) is 6.42 Å². The van der Waals surface area contributed by atoms with Crippen molar-refractivity contribution in [2.24, 2.45) is 0 Å². The van der Waals surface area contributed by atoms with E-state index in [-0.39, 0.29) is 0 Å². The van der Waals surface area contributed by atoms with Crippen LogP contribution in [0.25, 0.3) is 0 Å². The van der Waals surface area contributed by atoms with Crippen molar-refractivity contribution in [3.05, 3.63) is 0 Å². The van der Waals surface area contributed by atoms with E-state index < -0.39 is 0 Å². The first-order valence-electron chi connectivity index (χ1n) is 3.12. The zero-order valence-corrected chi connectivity index (χ0v) is 6.93. The van der Waals surface area contributed by atoms with Gasteiger partial charge in [0.25, 0.3) is 0 Å². The fourth-order valence-electron chi connectivity index (χ4n) is 1.76. The second-order valence-corrected chi connectivity index (χ2v) is 6.21. The highest BCUT2D eigenvalue weighted by Crippen LogP contribution is 2.54. The van der Waals surface area contributed by atoms with Gasteiger partial charge in [-0.25, -0.2) is 0 Å². The van der Waals surface area contributed by atoms with Gasteiger partial charge in [-0.3, -0.25) is 0 Å². The molecule has 8 heavy (non-hydrogen) atoms. The Morgan fingerprint density at radius 2 is 1.25 bits per heavy atom. The summed E-state index contributed by atoms with van der Waals surface area (Å²) in [6.07, 6.45) is 1.37. The van der Waals surface area contributed by atoms with Crippen LogP contribution in [0.15, 0.2) is 0 Å². The van der Waals surface area contributed by atoms with Crippen LogP contribution in [0, 0.1) is 0 Å². The molecule has 1 saturated heterocycles. The third-order valence-electron chi connectivity index (χ3n) is 1.40. The lowest BCUT2D eigenvalue weighted by Crippen LogP contribution is -2.42. The zero-order valence-electron chi connectivity index (χ0n) is 6.12. The van der Waals surface area contributed by atoms with Crippen LogP contribution in [0.5, 0.6) is 0 Å². The van der Waals surface area contributed by atoms with Gasteiger partial charge in [0.2, 0.25) is 0 Å². The third kappa shape index (κ3) is 1.19. The van der Waals surface area contributed by atoms with E-state index in [9.17, 15) is 0 Å². The molecule has 0 unspecified atom stereocenters. The summed E-state index contributed by atoms with van der Waals surface area (Å²) in [6, 6.07) is 0. The van der Waals surface area contributed by atoms with Crippen molar-refractivity contribution >= 4 is 11.8 Å². The highest BCUT2D eigenvalue weighted by molar-refractivity contribution is 8.03. The van der Waals surface area contributed by atoms with Crippen molar-refractivity contribution < 1.29 is 0 Å². The van der Waals surface area contributed by atoms with E-state index in [4.69, 9.17) is 0 Å². The first kappa shape index (κ1) is 6.47. The number of rotatable bonds is 0. The maximum Gasteiger partial charge on any atom is 0.0122 e. The minimum Gasteiger partial charge on any atom is -0.149 e. The quantitative estimate of drug-likeness (QED) is 0.486. The molecule has 0 aliphatic carbocycles. The molecule has 0 bridgehead atoms. The summed E-state index contributed by atoms with van der Waals surface area (Å²) in [5.74, 6) is 0. The summed E-state index contributed by atoms with van der Waals surface area (Å²) in [6.45, 7) is 9.23. The Balaban J connectivity index is 2.42. The molecule has 1 rings (SSSR count). The van der Waals surface area contributed by atoms with Gasteiger partial charge in [-0.1, -0.05) is 27.7 Å². The van der Waals surface area contributed by atoms with Crippen molar-refractivity contribution in [2.45, 2.75) is 43.6 Å². The number of thioether (sulfide) groups is 1. The van der Waals surface area contributed by atoms with E-state index in [1.807, 2.05) is 0 Å². The smallest absolute Gasteiger partial charge is 0.0122 e. The molecule has 0 nitrogen and oxygen atoms in total. The molecule has 0 atom stereocenters. The van der Waals surface area contributed by atoms with Crippen molar-refractivity contribution in [1.82, 2.24) is 0 Å². The molecule has 48 valence electrons. The standard InChI is InChI=1S/C7H14S/c1-6(2)5-7(3,4)8-6/h5H2,1-4H3. The van der Waals surface area contributed by atoms with Gasteiger partial charge in [0.15, 0.2) is 0 Å². The van der Waals surface area contributed by atoms with E-state index in [2.05, 4.69) is 39.5 Å². The van der Waals surface area contributed by atoms with Crippen LogP contribution in [-0.4, -0.2) is 9.49 Å². The van der Waals surface area contributed by atoms with Gasteiger partial charge in [0.1, 0.15) is 0 Å². The minimum atomic E-state index is 0.573. The minimum absolute atomic E-state index is 0.573. The third-order valence-corrected chi connectivity index (χ3v) is 2.80. The Hall–Kier alpha value is 0.350. The van der Waals surface area contributed by atoms with Crippen LogP contribution < -0.4 is 0 Å². The summed E-state index contributed by atoms with van der Waals surface area (Å²) in [5.41, 5.74) is 0. The lowest BCUT2D eigenvalue weighted by Gasteiger charge is -2.48. The zero-order chi connectivity index (χ0) is 6.41. The summed E-state index contributed by atoms with van der Waals surface area (Å²) < 4.78 is 1.15. The molecule has 0 aromatic heterocycles. The summed E-state index contributed by atoms with van der Waals surface area (Å²) in [4.78, 5) is 0. The summed E-state index contributed by atoms with van der Waals surface area (Å²) in [5, 5.41) is 0. The van der Waals surface area contributed by atoms with Gasteiger partial charge >= 0.3 is 0 Å².